The lowest BCUT2D eigenvalue weighted by atomic mass is 10.0. The Morgan fingerprint density at radius 2 is 1.88 bits per heavy atom. The zero-order valence-electron chi connectivity index (χ0n) is 14.9. The molecule has 2 aliphatic rings. The van der Waals surface area contributed by atoms with Gasteiger partial charge >= 0.3 is 0 Å². The molecule has 0 aliphatic carbocycles. The number of benzene rings is 1. The van der Waals surface area contributed by atoms with Gasteiger partial charge in [-0.15, -0.1) is 0 Å². The number of hydrogen-bond acceptors (Lipinski definition) is 3. The summed E-state index contributed by atoms with van der Waals surface area (Å²) < 4.78 is 0. The second kappa shape index (κ2) is 8.63. The molecule has 2 fully saturated rings. The summed E-state index contributed by atoms with van der Waals surface area (Å²) in [6.07, 6.45) is 7.30. The monoisotopic (exact) mass is 329 g/mol. The second-order valence-electron chi connectivity index (χ2n) is 7.35. The van der Waals surface area contributed by atoms with Crippen molar-refractivity contribution in [1.29, 1.82) is 0 Å². The maximum Gasteiger partial charge on any atom is 0.237 e. The summed E-state index contributed by atoms with van der Waals surface area (Å²) in [5.74, 6) is 0.140. The largest absolute Gasteiger partial charge is 0.351 e. The predicted octanol–water partition coefficient (Wildman–Crippen LogP) is 2.82. The van der Waals surface area contributed by atoms with Crippen molar-refractivity contribution in [2.75, 3.05) is 13.1 Å². The van der Waals surface area contributed by atoms with Crippen molar-refractivity contribution in [2.24, 2.45) is 0 Å². The van der Waals surface area contributed by atoms with Crippen LogP contribution in [0, 0.1) is 0 Å². The third kappa shape index (κ3) is 4.81. The SMILES string of the molecule is CC1CCCCN1Cc1ccc(CNC(=O)C2CCCCN2)cc1. The van der Waals surface area contributed by atoms with Gasteiger partial charge in [-0.2, -0.15) is 0 Å². The molecule has 0 aromatic heterocycles. The molecule has 2 atom stereocenters. The van der Waals surface area contributed by atoms with Crippen molar-refractivity contribution in [3.05, 3.63) is 35.4 Å². The Morgan fingerprint density at radius 1 is 1.12 bits per heavy atom. The Morgan fingerprint density at radius 3 is 2.58 bits per heavy atom. The highest BCUT2D eigenvalue weighted by atomic mass is 16.2. The minimum absolute atomic E-state index is 0.00128. The van der Waals surface area contributed by atoms with Crippen molar-refractivity contribution >= 4 is 5.91 Å². The van der Waals surface area contributed by atoms with E-state index in [4.69, 9.17) is 0 Å². The molecule has 24 heavy (non-hydrogen) atoms. The zero-order valence-corrected chi connectivity index (χ0v) is 14.9. The number of nitrogens with one attached hydrogen (secondary N) is 2. The number of nitrogens with zero attached hydrogens (tertiary/aromatic N) is 1. The number of carbonyl (C=O) groups excluding carboxylic acids is 1. The van der Waals surface area contributed by atoms with Crippen LogP contribution in [0.5, 0.6) is 0 Å². The number of amides is 1. The lowest BCUT2D eigenvalue weighted by Gasteiger charge is -2.33. The smallest absolute Gasteiger partial charge is 0.237 e. The van der Waals surface area contributed by atoms with Gasteiger partial charge in [-0.25, -0.2) is 0 Å². The van der Waals surface area contributed by atoms with E-state index < -0.39 is 0 Å². The molecule has 0 spiro atoms. The van der Waals surface area contributed by atoms with Crippen LogP contribution in [0.25, 0.3) is 0 Å². The topological polar surface area (TPSA) is 44.4 Å². The fraction of sp³-hybridized carbons (Fsp3) is 0.650. The molecule has 3 rings (SSSR count). The van der Waals surface area contributed by atoms with Crippen molar-refractivity contribution in [1.82, 2.24) is 15.5 Å². The maximum absolute atomic E-state index is 12.2. The van der Waals surface area contributed by atoms with Crippen LogP contribution in [0.2, 0.25) is 0 Å². The van der Waals surface area contributed by atoms with E-state index in [0.717, 1.165) is 25.9 Å². The van der Waals surface area contributed by atoms with E-state index in [1.165, 1.54) is 43.4 Å². The number of piperidine rings is 2. The van der Waals surface area contributed by atoms with E-state index >= 15 is 0 Å². The number of rotatable bonds is 5. The fourth-order valence-corrected chi connectivity index (χ4v) is 3.78. The highest BCUT2D eigenvalue weighted by Crippen LogP contribution is 2.19. The van der Waals surface area contributed by atoms with Crippen LogP contribution >= 0.6 is 0 Å². The summed E-state index contributed by atoms with van der Waals surface area (Å²) in [4.78, 5) is 14.7. The summed E-state index contributed by atoms with van der Waals surface area (Å²) in [6, 6.07) is 9.42. The Bertz CT molecular complexity index is 522. The van der Waals surface area contributed by atoms with E-state index in [9.17, 15) is 4.79 Å². The summed E-state index contributed by atoms with van der Waals surface area (Å²) >= 11 is 0. The molecule has 4 nitrogen and oxygen atoms in total. The zero-order chi connectivity index (χ0) is 16.8. The van der Waals surface area contributed by atoms with Crippen molar-refractivity contribution < 1.29 is 4.79 Å². The first-order chi connectivity index (χ1) is 11.7. The summed E-state index contributed by atoms with van der Waals surface area (Å²) in [5.41, 5.74) is 2.54. The van der Waals surface area contributed by atoms with Crippen molar-refractivity contribution in [3.63, 3.8) is 0 Å². The molecule has 2 saturated heterocycles. The van der Waals surface area contributed by atoms with Gasteiger partial charge in [0, 0.05) is 19.1 Å². The third-order valence-electron chi connectivity index (χ3n) is 5.44. The fourth-order valence-electron chi connectivity index (χ4n) is 3.78. The van der Waals surface area contributed by atoms with E-state index in [1.807, 2.05) is 0 Å². The van der Waals surface area contributed by atoms with Crippen molar-refractivity contribution in [2.45, 2.75) is 70.6 Å². The quantitative estimate of drug-likeness (QED) is 0.873. The normalized spacial score (nSPS) is 25.4. The van der Waals surface area contributed by atoms with Gasteiger partial charge in [0.05, 0.1) is 6.04 Å². The molecule has 0 bridgehead atoms. The number of hydrogen-bond donors (Lipinski definition) is 2. The van der Waals surface area contributed by atoms with E-state index in [2.05, 4.69) is 46.7 Å². The first-order valence-corrected chi connectivity index (χ1v) is 9.55. The molecule has 1 aromatic rings. The van der Waals surface area contributed by atoms with E-state index in [0.29, 0.717) is 12.6 Å². The minimum atomic E-state index is -0.00128. The second-order valence-corrected chi connectivity index (χ2v) is 7.35. The van der Waals surface area contributed by atoms with Gasteiger partial charge in [0.2, 0.25) is 5.91 Å². The number of carbonyl (C=O) groups is 1. The Labute approximate surface area is 146 Å². The molecule has 2 aliphatic heterocycles. The van der Waals surface area contributed by atoms with Gasteiger partial charge in [-0.05, 0) is 56.8 Å². The molecular weight excluding hydrogens is 298 g/mol. The van der Waals surface area contributed by atoms with E-state index in [1.54, 1.807) is 0 Å². The Kier molecular flexibility index (Phi) is 6.27. The average Bonchev–Trinajstić information content (AvgIpc) is 2.63. The van der Waals surface area contributed by atoms with Crippen LogP contribution in [0.4, 0.5) is 0 Å². The third-order valence-corrected chi connectivity index (χ3v) is 5.44. The van der Waals surface area contributed by atoms with Crippen LogP contribution in [0.3, 0.4) is 0 Å². The maximum atomic E-state index is 12.2. The first-order valence-electron chi connectivity index (χ1n) is 9.55. The molecular formula is C20H31N3O. The highest BCUT2D eigenvalue weighted by molar-refractivity contribution is 5.81. The summed E-state index contributed by atoms with van der Waals surface area (Å²) in [7, 11) is 0. The molecule has 132 valence electrons. The van der Waals surface area contributed by atoms with E-state index in [-0.39, 0.29) is 11.9 Å². The molecule has 0 radical (unpaired) electrons. The minimum Gasteiger partial charge on any atom is -0.351 e. The van der Waals surface area contributed by atoms with Gasteiger partial charge in [-0.3, -0.25) is 9.69 Å². The molecule has 2 unspecified atom stereocenters. The molecule has 1 aromatic carbocycles. The van der Waals surface area contributed by atoms with Gasteiger partial charge in [-0.1, -0.05) is 37.1 Å². The van der Waals surface area contributed by atoms with Gasteiger partial charge in [0.1, 0.15) is 0 Å². The first kappa shape index (κ1) is 17.4. The molecule has 0 saturated carbocycles. The lowest BCUT2D eigenvalue weighted by molar-refractivity contribution is -0.123. The van der Waals surface area contributed by atoms with Crippen LogP contribution < -0.4 is 10.6 Å². The number of likely N-dealkylation sites (tertiary alicyclic amines) is 1. The molecule has 2 heterocycles. The van der Waals surface area contributed by atoms with Crippen LogP contribution in [-0.4, -0.2) is 36.0 Å². The molecule has 1 amide bonds. The predicted molar refractivity (Wildman–Crippen MR) is 97.7 cm³/mol. The van der Waals surface area contributed by atoms with Crippen LogP contribution in [0.15, 0.2) is 24.3 Å². The Balaban J connectivity index is 1.46. The van der Waals surface area contributed by atoms with Gasteiger partial charge in [0.15, 0.2) is 0 Å². The molecule has 2 N–H and O–H groups in total. The molecule has 4 heteroatoms. The average molecular weight is 329 g/mol. The van der Waals surface area contributed by atoms with Crippen molar-refractivity contribution in [3.8, 4) is 0 Å². The summed E-state index contributed by atoms with van der Waals surface area (Å²) in [6.45, 7) is 6.18. The summed E-state index contributed by atoms with van der Waals surface area (Å²) in [5, 5.41) is 6.36. The Hall–Kier alpha value is -1.39. The van der Waals surface area contributed by atoms with Crippen LogP contribution in [-0.2, 0) is 17.9 Å². The van der Waals surface area contributed by atoms with Crippen LogP contribution in [0.1, 0.15) is 56.6 Å². The van der Waals surface area contributed by atoms with Gasteiger partial charge in [0.25, 0.3) is 0 Å². The highest BCUT2D eigenvalue weighted by Gasteiger charge is 2.20. The lowest BCUT2D eigenvalue weighted by Crippen LogP contribution is -2.46. The standard InChI is InChI=1S/C20H31N3O/c1-16-6-3-5-13-23(16)15-18-10-8-17(9-11-18)14-22-20(24)19-7-2-4-12-21-19/h8-11,16,19,21H,2-7,12-15H2,1H3,(H,22,24). The van der Waals surface area contributed by atoms with Gasteiger partial charge < -0.3 is 10.6 Å².